The number of benzene rings is 1. The Morgan fingerprint density at radius 2 is 2.00 bits per heavy atom. The Hall–Kier alpha value is -1.92. The first-order valence-corrected chi connectivity index (χ1v) is 7.97. The average Bonchev–Trinajstić information content (AvgIpc) is 2.93. The molecule has 6 nitrogen and oxygen atoms in total. The SMILES string of the molecule is COCCc1noc(CN2CCc3ccc(OC)cc3CC2)n1. The molecule has 23 heavy (non-hydrogen) atoms. The van der Waals surface area contributed by atoms with Crippen LogP contribution in [-0.2, 0) is 30.5 Å². The maximum Gasteiger partial charge on any atom is 0.240 e. The van der Waals surface area contributed by atoms with E-state index in [9.17, 15) is 0 Å². The first-order valence-electron chi connectivity index (χ1n) is 7.97. The second-order valence-electron chi connectivity index (χ2n) is 5.76. The summed E-state index contributed by atoms with van der Waals surface area (Å²) in [5, 5.41) is 4.00. The molecule has 0 aliphatic carbocycles. The molecule has 2 aromatic rings. The zero-order chi connectivity index (χ0) is 16.1. The lowest BCUT2D eigenvalue weighted by Gasteiger charge is -2.16. The maximum atomic E-state index is 5.34. The molecule has 0 radical (unpaired) electrons. The van der Waals surface area contributed by atoms with Crippen LogP contribution in [0.4, 0.5) is 0 Å². The van der Waals surface area contributed by atoms with E-state index in [0.717, 1.165) is 31.7 Å². The summed E-state index contributed by atoms with van der Waals surface area (Å²) < 4.78 is 15.7. The van der Waals surface area contributed by atoms with Crippen LogP contribution in [0, 0.1) is 0 Å². The molecule has 1 aromatic carbocycles. The Balaban J connectivity index is 1.59. The van der Waals surface area contributed by atoms with Gasteiger partial charge in [0.1, 0.15) is 5.75 Å². The lowest BCUT2D eigenvalue weighted by atomic mass is 10.0. The number of nitrogens with zero attached hydrogens (tertiary/aromatic N) is 3. The number of methoxy groups -OCH3 is 2. The molecule has 1 aliphatic heterocycles. The molecular weight excluding hydrogens is 294 g/mol. The molecule has 0 atom stereocenters. The van der Waals surface area contributed by atoms with Crippen LogP contribution in [-0.4, -0.2) is 49.0 Å². The number of hydrogen-bond donors (Lipinski definition) is 0. The molecule has 0 unspecified atom stereocenters. The predicted molar refractivity (Wildman–Crippen MR) is 85.6 cm³/mol. The first kappa shape index (κ1) is 16.0. The van der Waals surface area contributed by atoms with Crippen molar-refractivity contribution >= 4 is 0 Å². The van der Waals surface area contributed by atoms with Gasteiger partial charge in [-0.2, -0.15) is 4.98 Å². The van der Waals surface area contributed by atoms with Crippen LogP contribution in [0.5, 0.6) is 5.75 Å². The van der Waals surface area contributed by atoms with Crippen molar-refractivity contribution in [3.8, 4) is 5.75 Å². The molecule has 1 aliphatic rings. The van der Waals surface area contributed by atoms with Crippen LogP contribution < -0.4 is 4.74 Å². The van der Waals surface area contributed by atoms with Crippen LogP contribution >= 0.6 is 0 Å². The predicted octanol–water partition coefficient (Wildman–Crippen LogP) is 1.87. The van der Waals surface area contributed by atoms with Gasteiger partial charge in [0, 0.05) is 26.6 Å². The van der Waals surface area contributed by atoms with Crippen LogP contribution in [0.2, 0.25) is 0 Å². The number of ether oxygens (including phenoxy) is 2. The lowest BCUT2D eigenvalue weighted by Crippen LogP contribution is -2.26. The average molecular weight is 317 g/mol. The molecule has 6 heteroatoms. The van der Waals surface area contributed by atoms with Crippen LogP contribution in [0.1, 0.15) is 22.8 Å². The second kappa shape index (κ2) is 7.57. The van der Waals surface area contributed by atoms with E-state index in [4.69, 9.17) is 14.0 Å². The zero-order valence-corrected chi connectivity index (χ0v) is 13.7. The number of aromatic nitrogens is 2. The van der Waals surface area contributed by atoms with Crippen LogP contribution in [0.3, 0.4) is 0 Å². The lowest BCUT2D eigenvalue weighted by molar-refractivity contribution is 0.199. The van der Waals surface area contributed by atoms with Crippen molar-refractivity contribution in [2.24, 2.45) is 0 Å². The fourth-order valence-electron chi connectivity index (χ4n) is 2.87. The summed E-state index contributed by atoms with van der Waals surface area (Å²) in [6, 6.07) is 6.36. The Kier molecular flexibility index (Phi) is 5.25. The van der Waals surface area contributed by atoms with Crippen molar-refractivity contribution in [1.29, 1.82) is 0 Å². The number of fused-ring (bicyclic) bond motifs is 1. The van der Waals surface area contributed by atoms with Gasteiger partial charge in [0.05, 0.1) is 20.3 Å². The van der Waals surface area contributed by atoms with Gasteiger partial charge in [-0.3, -0.25) is 4.90 Å². The van der Waals surface area contributed by atoms with E-state index in [2.05, 4.69) is 27.2 Å². The molecule has 0 bridgehead atoms. The molecule has 0 N–H and O–H groups in total. The third-order valence-corrected chi connectivity index (χ3v) is 4.21. The van der Waals surface area contributed by atoms with Gasteiger partial charge < -0.3 is 14.0 Å². The summed E-state index contributed by atoms with van der Waals surface area (Å²) >= 11 is 0. The van der Waals surface area contributed by atoms with Gasteiger partial charge in [0.2, 0.25) is 5.89 Å². The van der Waals surface area contributed by atoms with Gasteiger partial charge in [-0.05, 0) is 36.1 Å². The van der Waals surface area contributed by atoms with Crippen molar-refractivity contribution in [1.82, 2.24) is 15.0 Å². The largest absolute Gasteiger partial charge is 0.497 e. The van der Waals surface area contributed by atoms with E-state index in [-0.39, 0.29) is 0 Å². The molecule has 2 heterocycles. The molecule has 124 valence electrons. The number of rotatable bonds is 6. The van der Waals surface area contributed by atoms with Crippen molar-refractivity contribution < 1.29 is 14.0 Å². The topological polar surface area (TPSA) is 60.6 Å². The van der Waals surface area contributed by atoms with Gasteiger partial charge in [-0.25, -0.2) is 0 Å². The van der Waals surface area contributed by atoms with Gasteiger partial charge in [-0.15, -0.1) is 0 Å². The highest BCUT2D eigenvalue weighted by Gasteiger charge is 2.17. The minimum atomic E-state index is 0.611. The van der Waals surface area contributed by atoms with Crippen LogP contribution in [0.25, 0.3) is 0 Å². The van der Waals surface area contributed by atoms with Crippen molar-refractivity contribution in [2.45, 2.75) is 25.8 Å². The summed E-state index contributed by atoms with van der Waals surface area (Å²) in [5.74, 6) is 2.32. The van der Waals surface area contributed by atoms with E-state index < -0.39 is 0 Å². The fraction of sp³-hybridized carbons (Fsp3) is 0.529. The Morgan fingerprint density at radius 3 is 2.78 bits per heavy atom. The van der Waals surface area contributed by atoms with Gasteiger partial charge in [0.15, 0.2) is 5.82 Å². The molecule has 0 fully saturated rings. The molecular formula is C17H23N3O3. The number of hydrogen-bond acceptors (Lipinski definition) is 6. The monoisotopic (exact) mass is 317 g/mol. The standard InChI is InChI=1S/C17H23N3O3/c1-21-10-7-16-18-17(23-19-16)12-20-8-5-13-3-4-15(22-2)11-14(13)6-9-20/h3-4,11H,5-10,12H2,1-2H3. The van der Waals surface area contributed by atoms with Gasteiger partial charge >= 0.3 is 0 Å². The maximum absolute atomic E-state index is 5.34. The second-order valence-corrected chi connectivity index (χ2v) is 5.76. The molecule has 3 rings (SSSR count). The first-order chi connectivity index (χ1) is 11.3. The summed E-state index contributed by atoms with van der Waals surface area (Å²) in [6.45, 7) is 3.29. The van der Waals surface area contributed by atoms with Crippen molar-refractivity contribution in [2.75, 3.05) is 33.9 Å². The minimum absolute atomic E-state index is 0.611. The van der Waals surface area contributed by atoms with Crippen molar-refractivity contribution in [3.05, 3.63) is 41.0 Å². The quantitative estimate of drug-likeness (QED) is 0.810. The summed E-state index contributed by atoms with van der Waals surface area (Å²) in [5.41, 5.74) is 2.78. The highest BCUT2D eigenvalue weighted by atomic mass is 16.5. The van der Waals surface area contributed by atoms with Crippen LogP contribution in [0.15, 0.2) is 22.7 Å². The Bertz CT molecular complexity index is 642. The smallest absolute Gasteiger partial charge is 0.240 e. The summed E-state index contributed by atoms with van der Waals surface area (Å²) in [7, 11) is 3.38. The molecule has 0 saturated carbocycles. The molecule has 1 aromatic heterocycles. The normalized spacial score (nSPS) is 15.2. The van der Waals surface area contributed by atoms with E-state index in [1.54, 1.807) is 14.2 Å². The highest BCUT2D eigenvalue weighted by Crippen LogP contribution is 2.22. The van der Waals surface area contributed by atoms with Crippen molar-refractivity contribution in [3.63, 3.8) is 0 Å². The third-order valence-electron chi connectivity index (χ3n) is 4.21. The Morgan fingerprint density at radius 1 is 1.17 bits per heavy atom. The Labute approximate surface area is 136 Å². The summed E-state index contributed by atoms with van der Waals surface area (Å²) in [6.07, 6.45) is 2.73. The molecule has 0 amide bonds. The van der Waals surface area contributed by atoms with Gasteiger partial charge in [-0.1, -0.05) is 11.2 Å². The highest BCUT2D eigenvalue weighted by molar-refractivity contribution is 5.36. The van der Waals surface area contributed by atoms with Gasteiger partial charge in [0.25, 0.3) is 0 Å². The minimum Gasteiger partial charge on any atom is -0.497 e. The zero-order valence-electron chi connectivity index (χ0n) is 13.7. The van der Waals surface area contributed by atoms with E-state index in [1.807, 2.05) is 6.07 Å². The molecule has 0 spiro atoms. The van der Waals surface area contributed by atoms with E-state index >= 15 is 0 Å². The van der Waals surface area contributed by atoms with E-state index in [1.165, 1.54) is 11.1 Å². The summed E-state index contributed by atoms with van der Waals surface area (Å²) in [4.78, 5) is 6.79. The molecule has 0 saturated heterocycles. The van der Waals surface area contributed by atoms with E-state index in [0.29, 0.717) is 31.3 Å². The third kappa shape index (κ3) is 4.09. The fourth-order valence-corrected chi connectivity index (χ4v) is 2.87.